The van der Waals surface area contributed by atoms with Crippen LogP contribution in [-0.2, 0) is 6.54 Å². The van der Waals surface area contributed by atoms with E-state index in [1.807, 2.05) is 24.9 Å². The molecule has 2 aromatic carbocycles. The molecule has 0 aromatic heterocycles. The van der Waals surface area contributed by atoms with Gasteiger partial charge in [-0.1, -0.05) is 12.1 Å². The van der Waals surface area contributed by atoms with Gasteiger partial charge in [-0.15, -0.1) is 0 Å². The molecule has 1 atom stereocenters. The second kappa shape index (κ2) is 10.5. The molecule has 0 bridgehead atoms. The van der Waals surface area contributed by atoms with E-state index < -0.39 is 6.10 Å². The molecule has 0 amide bonds. The van der Waals surface area contributed by atoms with Crippen LogP contribution in [0, 0.1) is 11.6 Å². The number of ether oxygens (including phenoxy) is 1. The third-order valence-electron chi connectivity index (χ3n) is 3.71. The molecular formula is C20H25F2N3O2. The summed E-state index contributed by atoms with van der Waals surface area (Å²) in [4.78, 5) is 6.26. The lowest BCUT2D eigenvalue weighted by molar-refractivity contribution is 0.114. The molecule has 2 aromatic rings. The summed E-state index contributed by atoms with van der Waals surface area (Å²) in [5.74, 6) is 0.456. The number of hydrogen-bond donors (Lipinski definition) is 2. The van der Waals surface area contributed by atoms with Gasteiger partial charge in [-0.25, -0.2) is 8.78 Å². The van der Waals surface area contributed by atoms with Gasteiger partial charge in [0.05, 0.1) is 6.54 Å². The summed E-state index contributed by atoms with van der Waals surface area (Å²) >= 11 is 0. The monoisotopic (exact) mass is 377 g/mol. The number of aliphatic hydroxyl groups is 1. The molecule has 0 saturated heterocycles. The number of hydrogen-bond acceptors (Lipinski definition) is 3. The first-order valence-corrected chi connectivity index (χ1v) is 8.78. The second-order valence-electron chi connectivity index (χ2n) is 6.10. The Bertz CT molecular complexity index is 738. The molecule has 0 aliphatic rings. The lowest BCUT2D eigenvalue weighted by Gasteiger charge is -2.22. The Balaban J connectivity index is 1.89. The summed E-state index contributed by atoms with van der Waals surface area (Å²) in [6.07, 6.45) is -0.814. The van der Waals surface area contributed by atoms with Crippen LogP contribution in [0.3, 0.4) is 0 Å². The minimum Gasteiger partial charge on any atom is -0.491 e. The smallest absolute Gasteiger partial charge is 0.194 e. The second-order valence-corrected chi connectivity index (χ2v) is 6.10. The van der Waals surface area contributed by atoms with E-state index in [4.69, 9.17) is 4.74 Å². The number of aliphatic imine (C=N–C) groups is 1. The predicted molar refractivity (Wildman–Crippen MR) is 102 cm³/mol. The lowest BCUT2D eigenvalue weighted by atomic mass is 10.2. The summed E-state index contributed by atoms with van der Waals surface area (Å²) < 4.78 is 31.6. The van der Waals surface area contributed by atoms with Crippen molar-refractivity contribution in [2.45, 2.75) is 19.6 Å². The van der Waals surface area contributed by atoms with Gasteiger partial charge < -0.3 is 20.1 Å². The highest BCUT2D eigenvalue weighted by Gasteiger charge is 2.10. The van der Waals surface area contributed by atoms with Crippen molar-refractivity contribution >= 4 is 5.96 Å². The third kappa shape index (κ3) is 7.22. The molecule has 1 unspecified atom stereocenters. The molecule has 27 heavy (non-hydrogen) atoms. The van der Waals surface area contributed by atoms with Crippen molar-refractivity contribution in [1.82, 2.24) is 10.2 Å². The standard InChI is InChI=1S/C20H25F2N3O2/c1-3-23-20(25(2)13-15-5-4-6-17(22)11-15)24-12-18(26)14-27-19-9-7-16(21)8-10-19/h4-11,18,26H,3,12-14H2,1-2H3,(H,23,24). The van der Waals surface area contributed by atoms with Gasteiger partial charge in [0.1, 0.15) is 30.1 Å². The van der Waals surface area contributed by atoms with Gasteiger partial charge in [0.15, 0.2) is 5.96 Å². The van der Waals surface area contributed by atoms with Gasteiger partial charge in [-0.05, 0) is 48.9 Å². The van der Waals surface area contributed by atoms with E-state index >= 15 is 0 Å². The van der Waals surface area contributed by atoms with E-state index in [9.17, 15) is 13.9 Å². The zero-order valence-corrected chi connectivity index (χ0v) is 15.5. The van der Waals surface area contributed by atoms with Crippen LogP contribution in [0.25, 0.3) is 0 Å². The molecule has 2 N–H and O–H groups in total. The largest absolute Gasteiger partial charge is 0.491 e. The van der Waals surface area contributed by atoms with Gasteiger partial charge in [-0.2, -0.15) is 0 Å². The summed E-state index contributed by atoms with van der Waals surface area (Å²) in [6, 6.07) is 12.0. The minimum absolute atomic E-state index is 0.0438. The molecule has 5 nitrogen and oxygen atoms in total. The quantitative estimate of drug-likeness (QED) is 0.549. The van der Waals surface area contributed by atoms with Gasteiger partial charge >= 0.3 is 0 Å². The SMILES string of the molecule is CCNC(=NCC(O)COc1ccc(F)cc1)N(C)Cc1cccc(F)c1. The van der Waals surface area contributed by atoms with Gasteiger partial charge in [-0.3, -0.25) is 4.99 Å². The Labute approximate surface area is 158 Å². The maximum absolute atomic E-state index is 13.3. The maximum Gasteiger partial charge on any atom is 0.194 e. The van der Waals surface area contributed by atoms with Crippen molar-refractivity contribution in [2.24, 2.45) is 4.99 Å². The highest BCUT2D eigenvalue weighted by molar-refractivity contribution is 5.79. The highest BCUT2D eigenvalue weighted by Crippen LogP contribution is 2.11. The van der Waals surface area contributed by atoms with Crippen LogP contribution >= 0.6 is 0 Å². The van der Waals surface area contributed by atoms with Crippen LogP contribution in [0.1, 0.15) is 12.5 Å². The topological polar surface area (TPSA) is 57.1 Å². The number of aliphatic hydroxyl groups excluding tert-OH is 1. The molecule has 0 radical (unpaired) electrons. The van der Waals surface area contributed by atoms with Crippen molar-refractivity contribution < 1.29 is 18.6 Å². The van der Waals surface area contributed by atoms with E-state index in [0.29, 0.717) is 24.8 Å². The lowest BCUT2D eigenvalue weighted by Crippen LogP contribution is -2.39. The van der Waals surface area contributed by atoms with Crippen molar-refractivity contribution in [2.75, 3.05) is 26.7 Å². The molecule has 0 aliphatic heterocycles. The number of rotatable bonds is 8. The summed E-state index contributed by atoms with van der Waals surface area (Å²) in [6.45, 7) is 3.26. The summed E-state index contributed by atoms with van der Waals surface area (Å²) in [7, 11) is 1.84. The average molecular weight is 377 g/mol. The Kier molecular flexibility index (Phi) is 8.00. The number of benzene rings is 2. The molecule has 0 fully saturated rings. The van der Waals surface area contributed by atoms with E-state index in [0.717, 1.165) is 5.56 Å². The van der Waals surface area contributed by atoms with Gasteiger partial charge in [0, 0.05) is 20.1 Å². The van der Waals surface area contributed by atoms with Crippen molar-refractivity contribution in [3.05, 3.63) is 65.7 Å². The molecule has 0 heterocycles. The minimum atomic E-state index is -0.814. The molecule has 0 spiro atoms. The van der Waals surface area contributed by atoms with Crippen LogP contribution in [0.4, 0.5) is 8.78 Å². The number of nitrogens with zero attached hydrogens (tertiary/aromatic N) is 2. The van der Waals surface area contributed by atoms with Gasteiger partial charge in [0.25, 0.3) is 0 Å². The fourth-order valence-corrected chi connectivity index (χ4v) is 2.42. The number of halogens is 2. The normalized spacial score (nSPS) is 12.6. The molecule has 0 aliphatic carbocycles. The Hall–Kier alpha value is -2.67. The Morgan fingerprint density at radius 2 is 1.93 bits per heavy atom. The third-order valence-corrected chi connectivity index (χ3v) is 3.71. The maximum atomic E-state index is 13.3. The average Bonchev–Trinajstić information content (AvgIpc) is 2.64. The van der Waals surface area contributed by atoms with Crippen LogP contribution in [0.2, 0.25) is 0 Å². The highest BCUT2D eigenvalue weighted by atomic mass is 19.1. The fraction of sp³-hybridized carbons (Fsp3) is 0.350. The van der Waals surface area contributed by atoms with E-state index in [1.165, 1.54) is 36.4 Å². The van der Waals surface area contributed by atoms with Gasteiger partial charge in [0.2, 0.25) is 0 Å². The fourth-order valence-electron chi connectivity index (χ4n) is 2.42. The molecule has 0 saturated carbocycles. The van der Waals surface area contributed by atoms with Crippen molar-refractivity contribution in [1.29, 1.82) is 0 Å². The first-order chi connectivity index (χ1) is 13.0. The zero-order chi connectivity index (χ0) is 19.6. The Morgan fingerprint density at radius 1 is 1.19 bits per heavy atom. The molecule has 2 rings (SSSR count). The van der Waals surface area contributed by atoms with Crippen LogP contribution in [-0.4, -0.2) is 48.8 Å². The summed E-state index contributed by atoms with van der Waals surface area (Å²) in [5, 5.41) is 13.2. The van der Waals surface area contributed by atoms with Crippen LogP contribution in [0.15, 0.2) is 53.5 Å². The summed E-state index contributed by atoms with van der Waals surface area (Å²) in [5.41, 5.74) is 0.822. The Morgan fingerprint density at radius 3 is 2.59 bits per heavy atom. The van der Waals surface area contributed by atoms with E-state index in [2.05, 4.69) is 10.3 Å². The number of guanidine groups is 1. The first kappa shape index (κ1) is 20.6. The molecule has 7 heteroatoms. The van der Waals surface area contributed by atoms with Crippen LogP contribution in [0.5, 0.6) is 5.75 Å². The zero-order valence-electron chi connectivity index (χ0n) is 15.5. The van der Waals surface area contributed by atoms with Crippen molar-refractivity contribution in [3.63, 3.8) is 0 Å². The van der Waals surface area contributed by atoms with Crippen LogP contribution < -0.4 is 10.1 Å². The molecule has 146 valence electrons. The number of nitrogens with one attached hydrogen (secondary N) is 1. The predicted octanol–water partition coefficient (Wildman–Crippen LogP) is 2.80. The van der Waals surface area contributed by atoms with E-state index in [1.54, 1.807) is 6.07 Å². The first-order valence-electron chi connectivity index (χ1n) is 8.78. The van der Waals surface area contributed by atoms with E-state index in [-0.39, 0.29) is 24.8 Å². The van der Waals surface area contributed by atoms with Crippen molar-refractivity contribution in [3.8, 4) is 5.75 Å². The molecular weight excluding hydrogens is 352 g/mol.